The molecule has 0 N–H and O–H groups in total. The molecule has 1 fully saturated rings. The Morgan fingerprint density at radius 3 is 2.23 bits per heavy atom. The first-order valence-electron chi connectivity index (χ1n) is 7.00. The van der Waals surface area contributed by atoms with Gasteiger partial charge >= 0.3 is 0 Å². The summed E-state index contributed by atoms with van der Waals surface area (Å²) in [5.74, 6) is 0. The Kier molecular flexibility index (Phi) is 4.63. The van der Waals surface area contributed by atoms with Crippen LogP contribution in [0.1, 0.15) is 18.1 Å². The molecule has 0 aliphatic carbocycles. The van der Waals surface area contributed by atoms with Gasteiger partial charge in [-0.25, -0.2) is 8.42 Å². The summed E-state index contributed by atoms with van der Waals surface area (Å²) in [6.45, 7) is 0. The quantitative estimate of drug-likeness (QED) is 0.761. The van der Waals surface area contributed by atoms with E-state index in [9.17, 15) is 8.42 Å². The molecule has 6 heteroatoms. The molecule has 1 aliphatic rings. The van der Waals surface area contributed by atoms with Crippen LogP contribution in [0.25, 0.3) is 0 Å². The van der Waals surface area contributed by atoms with Gasteiger partial charge in [-0.05, 0) is 24.1 Å². The molecule has 2 aromatic rings. The lowest BCUT2D eigenvalue weighted by Gasteiger charge is -2.20. The smallest absolute Gasteiger partial charge is 0.265 e. The van der Waals surface area contributed by atoms with Crippen LogP contribution in [0.5, 0.6) is 0 Å². The maximum atomic E-state index is 12.8. The van der Waals surface area contributed by atoms with Gasteiger partial charge in [-0.15, -0.1) is 0 Å². The van der Waals surface area contributed by atoms with Crippen LogP contribution < -0.4 is 0 Å². The van der Waals surface area contributed by atoms with E-state index in [1.54, 1.807) is 30.3 Å². The van der Waals surface area contributed by atoms with Crippen molar-refractivity contribution in [2.24, 2.45) is 0 Å². The Morgan fingerprint density at radius 2 is 1.64 bits per heavy atom. The molecular weight excluding hydrogens is 366 g/mol. The minimum absolute atomic E-state index is 0.226. The number of halogens is 1. The fourth-order valence-corrected chi connectivity index (χ4v) is 4.72. The van der Waals surface area contributed by atoms with Gasteiger partial charge < -0.3 is 0 Å². The number of benzene rings is 2. The van der Waals surface area contributed by atoms with Crippen molar-refractivity contribution in [2.75, 3.05) is 5.33 Å². The van der Waals surface area contributed by atoms with Gasteiger partial charge in [0.25, 0.3) is 10.0 Å². The van der Waals surface area contributed by atoms with Crippen molar-refractivity contribution >= 4 is 26.0 Å². The number of rotatable bonds is 4. The highest BCUT2D eigenvalue weighted by molar-refractivity contribution is 9.09. The lowest BCUT2D eigenvalue weighted by Crippen LogP contribution is -2.35. The molecule has 3 rings (SSSR count). The molecule has 1 aliphatic heterocycles. The molecule has 1 saturated heterocycles. The zero-order chi connectivity index (χ0) is 15.6. The molecule has 0 unspecified atom stereocenters. The van der Waals surface area contributed by atoms with E-state index in [1.807, 2.05) is 30.3 Å². The molecule has 0 aromatic heterocycles. The Hall–Kier alpha value is -1.21. The van der Waals surface area contributed by atoms with Crippen LogP contribution >= 0.6 is 15.9 Å². The van der Waals surface area contributed by atoms with Crippen LogP contribution in [0, 0.1) is 0 Å². The average Bonchev–Trinajstić information content (AvgIpc) is 3.02. The van der Waals surface area contributed by atoms with E-state index in [4.69, 9.17) is 4.84 Å². The van der Waals surface area contributed by atoms with E-state index in [2.05, 4.69) is 15.9 Å². The number of nitrogens with zero attached hydrogens (tertiary/aromatic N) is 1. The van der Waals surface area contributed by atoms with Crippen LogP contribution in [-0.2, 0) is 14.9 Å². The zero-order valence-electron chi connectivity index (χ0n) is 11.8. The van der Waals surface area contributed by atoms with Crippen molar-refractivity contribution in [3.63, 3.8) is 0 Å². The molecule has 0 radical (unpaired) electrons. The van der Waals surface area contributed by atoms with Gasteiger partial charge in [0.15, 0.2) is 0 Å². The van der Waals surface area contributed by atoms with Gasteiger partial charge in [0.05, 0.1) is 10.9 Å². The third-order valence-electron chi connectivity index (χ3n) is 3.64. The van der Waals surface area contributed by atoms with Gasteiger partial charge in [0.1, 0.15) is 6.10 Å². The SMILES string of the molecule is O=S(=O)(c1ccccc1)N1O[C@H](c2ccccc2)C[C@@H]1CBr. The fraction of sp³-hybridized carbons (Fsp3) is 0.250. The number of hydroxylamine groups is 1. The molecule has 1 heterocycles. The second-order valence-corrected chi connectivity index (χ2v) is 7.55. The van der Waals surface area contributed by atoms with E-state index >= 15 is 0 Å². The summed E-state index contributed by atoms with van der Waals surface area (Å²) < 4.78 is 26.7. The molecule has 0 saturated carbocycles. The first-order valence-corrected chi connectivity index (χ1v) is 9.56. The van der Waals surface area contributed by atoms with Crippen molar-refractivity contribution in [3.8, 4) is 0 Å². The van der Waals surface area contributed by atoms with Gasteiger partial charge in [-0.3, -0.25) is 4.84 Å². The van der Waals surface area contributed by atoms with Crippen LogP contribution in [0.3, 0.4) is 0 Å². The Bertz CT molecular complexity index is 722. The van der Waals surface area contributed by atoms with Crippen LogP contribution in [-0.4, -0.2) is 24.3 Å². The first-order chi connectivity index (χ1) is 10.6. The molecule has 4 nitrogen and oxygen atoms in total. The lowest BCUT2D eigenvalue weighted by atomic mass is 10.0. The van der Waals surface area contributed by atoms with Crippen molar-refractivity contribution in [1.82, 2.24) is 4.47 Å². The van der Waals surface area contributed by atoms with Gasteiger partial charge in [0.2, 0.25) is 0 Å². The lowest BCUT2D eigenvalue weighted by molar-refractivity contribution is -0.0883. The monoisotopic (exact) mass is 381 g/mol. The summed E-state index contributed by atoms with van der Waals surface area (Å²) >= 11 is 3.40. The van der Waals surface area contributed by atoms with Crippen molar-refractivity contribution in [3.05, 3.63) is 66.2 Å². The number of sulfonamides is 1. The maximum Gasteiger partial charge on any atom is 0.265 e. The van der Waals surface area contributed by atoms with E-state index in [1.165, 1.54) is 0 Å². The Balaban J connectivity index is 1.90. The summed E-state index contributed by atoms with van der Waals surface area (Å²) in [6, 6.07) is 17.8. The normalized spacial score (nSPS) is 22.8. The van der Waals surface area contributed by atoms with E-state index < -0.39 is 10.0 Å². The predicted octanol–water partition coefficient (Wildman–Crippen LogP) is 3.52. The van der Waals surface area contributed by atoms with Crippen molar-refractivity contribution < 1.29 is 13.3 Å². The minimum atomic E-state index is -3.66. The van der Waals surface area contributed by atoms with Crippen molar-refractivity contribution in [1.29, 1.82) is 0 Å². The standard InChI is InChI=1S/C16H16BrNO3S/c17-12-14-11-16(13-7-3-1-4-8-13)21-18(14)22(19,20)15-9-5-2-6-10-15/h1-10,14,16H,11-12H2/t14-,16+/m1/s1. The molecule has 0 amide bonds. The summed E-state index contributed by atoms with van der Waals surface area (Å²) in [5, 5.41) is 0.530. The highest BCUT2D eigenvalue weighted by atomic mass is 79.9. The summed E-state index contributed by atoms with van der Waals surface area (Å²) in [6.07, 6.45) is 0.378. The van der Waals surface area contributed by atoms with E-state index in [0.717, 1.165) is 10.0 Å². The molecule has 0 bridgehead atoms. The van der Waals surface area contributed by atoms with Crippen LogP contribution in [0.4, 0.5) is 0 Å². The van der Waals surface area contributed by atoms with Gasteiger partial charge in [-0.1, -0.05) is 68.9 Å². The topological polar surface area (TPSA) is 46.6 Å². The third kappa shape index (κ3) is 2.96. The molecule has 2 aromatic carbocycles. The third-order valence-corrected chi connectivity index (χ3v) is 6.12. The molecule has 0 spiro atoms. The highest BCUT2D eigenvalue weighted by Crippen LogP contribution is 2.37. The number of alkyl halides is 1. The minimum Gasteiger partial charge on any atom is -0.276 e. The molecule has 2 atom stereocenters. The maximum absolute atomic E-state index is 12.8. The second kappa shape index (κ2) is 6.50. The summed E-state index contributed by atoms with van der Waals surface area (Å²) in [5.41, 5.74) is 0.985. The summed E-state index contributed by atoms with van der Waals surface area (Å²) in [4.78, 5) is 6.03. The number of hydrogen-bond acceptors (Lipinski definition) is 3. The number of hydrogen-bond donors (Lipinski definition) is 0. The highest BCUT2D eigenvalue weighted by Gasteiger charge is 2.41. The van der Waals surface area contributed by atoms with E-state index in [0.29, 0.717) is 11.8 Å². The predicted molar refractivity (Wildman–Crippen MR) is 87.9 cm³/mol. The Labute approximate surface area is 138 Å². The largest absolute Gasteiger partial charge is 0.276 e. The molecular formula is C16H16BrNO3S. The van der Waals surface area contributed by atoms with Crippen LogP contribution in [0.2, 0.25) is 0 Å². The first kappa shape index (κ1) is 15.7. The van der Waals surface area contributed by atoms with Crippen LogP contribution in [0.15, 0.2) is 65.6 Å². The van der Waals surface area contributed by atoms with Gasteiger partial charge in [0, 0.05) is 5.33 Å². The van der Waals surface area contributed by atoms with Gasteiger partial charge in [-0.2, -0.15) is 0 Å². The zero-order valence-corrected chi connectivity index (χ0v) is 14.2. The summed E-state index contributed by atoms with van der Waals surface area (Å²) in [7, 11) is -3.66. The molecule has 22 heavy (non-hydrogen) atoms. The average molecular weight is 382 g/mol. The fourth-order valence-electron chi connectivity index (χ4n) is 2.52. The van der Waals surface area contributed by atoms with Crippen molar-refractivity contribution in [2.45, 2.75) is 23.5 Å². The molecule has 116 valence electrons. The Morgan fingerprint density at radius 1 is 1.05 bits per heavy atom. The van der Waals surface area contributed by atoms with E-state index in [-0.39, 0.29) is 17.0 Å². The second-order valence-electron chi connectivity index (χ2n) is 5.12.